The van der Waals surface area contributed by atoms with Gasteiger partial charge in [0.15, 0.2) is 0 Å². The minimum Gasteiger partial charge on any atom is -0.397 e. The highest BCUT2D eigenvalue weighted by Crippen LogP contribution is 2.18. The van der Waals surface area contributed by atoms with Gasteiger partial charge in [0, 0.05) is 12.3 Å². The number of nitrogen functional groups attached to an aromatic ring is 2. The zero-order valence-electron chi connectivity index (χ0n) is 5.33. The number of hydrogen-bond donors (Lipinski definition) is 3. The van der Waals surface area contributed by atoms with Gasteiger partial charge in [-0.05, 0) is 6.07 Å². The van der Waals surface area contributed by atoms with E-state index in [2.05, 4.69) is 5.10 Å². The summed E-state index contributed by atoms with van der Waals surface area (Å²) in [7, 11) is 0. The highest BCUT2D eigenvalue weighted by molar-refractivity contribution is 5.75. The number of anilines is 2. The minimum atomic E-state index is 0.637. The number of aromatic nitrogens is 2. The molecule has 0 aliphatic heterocycles. The second-order valence-electron chi connectivity index (χ2n) is 2.21. The highest BCUT2D eigenvalue weighted by Gasteiger charge is 2.01. The largest absolute Gasteiger partial charge is 0.397 e. The fraction of sp³-hybridized carbons (Fsp3) is 0. The fourth-order valence-electron chi connectivity index (χ4n) is 1.07. The van der Waals surface area contributed by atoms with E-state index in [4.69, 9.17) is 11.5 Å². The number of nitrogens with zero attached hydrogens (tertiary/aromatic N) is 1. The number of nitrogens with two attached hydrogens (primary N) is 2. The van der Waals surface area contributed by atoms with E-state index in [0.717, 1.165) is 5.52 Å². The van der Waals surface area contributed by atoms with Crippen molar-refractivity contribution in [3.63, 3.8) is 0 Å². The lowest BCUT2D eigenvalue weighted by molar-refractivity contribution is 0.988. The lowest BCUT2D eigenvalue weighted by Gasteiger charge is -1.86. The summed E-state index contributed by atoms with van der Waals surface area (Å²) in [6.07, 6.45) is 1.79. The number of H-pyrrole nitrogens is 1. The Morgan fingerprint density at radius 1 is 1.40 bits per heavy atom. The van der Waals surface area contributed by atoms with Gasteiger partial charge >= 0.3 is 0 Å². The standard InChI is InChI=1S/C6H8N4/c7-4-3-6(8)10-5(4)1-2-9-10/h1-3,9H,7-8H2. The summed E-state index contributed by atoms with van der Waals surface area (Å²) in [4.78, 5) is 0. The summed E-state index contributed by atoms with van der Waals surface area (Å²) in [6, 6.07) is 3.61. The van der Waals surface area contributed by atoms with Gasteiger partial charge in [-0.1, -0.05) is 0 Å². The summed E-state index contributed by atoms with van der Waals surface area (Å²) in [5.74, 6) is 0.637. The van der Waals surface area contributed by atoms with Gasteiger partial charge in [0.05, 0.1) is 11.2 Å². The van der Waals surface area contributed by atoms with E-state index in [1.165, 1.54) is 0 Å². The molecule has 0 spiro atoms. The summed E-state index contributed by atoms with van der Waals surface area (Å²) in [5.41, 5.74) is 12.8. The molecule has 4 nitrogen and oxygen atoms in total. The van der Waals surface area contributed by atoms with Crippen molar-refractivity contribution in [2.45, 2.75) is 0 Å². The first-order chi connectivity index (χ1) is 4.79. The Morgan fingerprint density at radius 2 is 2.20 bits per heavy atom. The van der Waals surface area contributed by atoms with Crippen LogP contribution in [0, 0.1) is 0 Å². The van der Waals surface area contributed by atoms with Gasteiger partial charge in [-0.25, -0.2) is 4.52 Å². The maximum Gasteiger partial charge on any atom is 0.125 e. The zero-order valence-corrected chi connectivity index (χ0v) is 5.33. The highest BCUT2D eigenvalue weighted by atomic mass is 15.3. The molecule has 0 aliphatic rings. The second-order valence-corrected chi connectivity index (χ2v) is 2.21. The Bertz CT molecular complexity index is 325. The van der Waals surface area contributed by atoms with Crippen molar-refractivity contribution in [3.05, 3.63) is 18.3 Å². The third kappa shape index (κ3) is 0.452. The van der Waals surface area contributed by atoms with Crippen LogP contribution in [0.1, 0.15) is 0 Å². The first kappa shape index (κ1) is 5.22. The molecule has 0 aliphatic carbocycles. The van der Waals surface area contributed by atoms with Gasteiger partial charge < -0.3 is 11.5 Å². The lowest BCUT2D eigenvalue weighted by Crippen LogP contribution is -1.90. The maximum absolute atomic E-state index is 5.60. The Balaban J connectivity index is 2.98. The number of rotatable bonds is 0. The molecule has 0 fully saturated rings. The van der Waals surface area contributed by atoms with Gasteiger partial charge in [0.2, 0.25) is 0 Å². The zero-order chi connectivity index (χ0) is 7.14. The van der Waals surface area contributed by atoms with Crippen LogP contribution in [0.5, 0.6) is 0 Å². The lowest BCUT2D eigenvalue weighted by atomic mass is 10.4. The first-order valence-electron chi connectivity index (χ1n) is 2.99. The molecule has 0 bridgehead atoms. The topological polar surface area (TPSA) is 72.2 Å². The molecule has 2 aromatic rings. The molecule has 2 rings (SSSR count). The summed E-state index contributed by atoms with van der Waals surface area (Å²) in [5, 5.41) is 2.92. The quantitative estimate of drug-likeness (QED) is 0.491. The average molecular weight is 136 g/mol. The van der Waals surface area contributed by atoms with Crippen molar-refractivity contribution in [3.8, 4) is 0 Å². The van der Waals surface area contributed by atoms with Crippen molar-refractivity contribution in [1.82, 2.24) is 9.61 Å². The molecule has 0 radical (unpaired) electrons. The van der Waals surface area contributed by atoms with Crippen molar-refractivity contribution in [2.24, 2.45) is 0 Å². The predicted molar refractivity (Wildman–Crippen MR) is 40.6 cm³/mol. The van der Waals surface area contributed by atoms with Crippen molar-refractivity contribution < 1.29 is 0 Å². The second kappa shape index (κ2) is 1.47. The van der Waals surface area contributed by atoms with Crippen LogP contribution >= 0.6 is 0 Å². The minimum absolute atomic E-state index is 0.637. The number of aromatic amines is 1. The summed E-state index contributed by atoms with van der Waals surface area (Å²) >= 11 is 0. The van der Waals surface area contributed by atoms with Crippen LogP contribution in [0.4, 0.5) is 11.5 Å². The van der Waals surface area contributed by atoms with Crippen LogP contribution in [-0.4, -0.2) is 9.61 Å². The number of nitrogens with one attached hydrogen (secondary N) is 1. The van der Waals surface area contributed by atoms with Crippen LogP contribution < -0.4 is 11.5 Å². The number of hydrogen-bond acceptors (Lipinski definition) is 2. The van der Waals surface area contributed by atoms with Crippen molar-refractivity contribution >= 4 is 17.0 Å². The van der Waals surface area contributed by atoms with Crippen molar-refractivity contribution in [2.75, 3.05) is 11.5 Å². The summed E-state index contributed by atoms with van der Waals surface area (Å²) in [6.45, 7) is 0. The van der Waals surface area contributed by atoms with E-state index in [9.17, 15) is 0 Å². The molecule has 0 atom stereocenters. The summed E-state index contributed by atoms with van der Waals surface area (Å²) < 4.78 is 1.73. The van der Waals surface area contributed by atoms with Crippen LogP contribution in [0.25, 0.3) is 5.52 Å². The Kier molecular flexibility index (Phi) is 0.768. The molecule has 52 valence electrons. The molecular weight excluding hydrogens is 128 g/mol. The molecule has 0 unspecified atom stereocenters. The van der Waals surface area contributed by atoms with Crippen LogP contribution in [0.15, 0.2) is 18.3 Å². The van der Waals surface area contributed by atoms with E-state index in [1.54, 1.807) is 16.8 Å². The normalized spacial score (nSPS) is 10.8. The van der Waals surface area contributed by atoms with E-state index in [-0.39, 0.29) is 0 Å². The SMILES string of the molecule is Nc1cc(N)n2[nH]ccc12. The molecule has 5 N–H and O–H groups in total. The predicted octanol–water partition coefficient (Wildman–Crippen LogP) is 0.432. The average Bonchev–Trinajstić information content (AvgIpc) is 2.39. The Labute approximate surface area is 57.4 Å². The van der Waals surface area contributed by atoms with Gasteiger partial charge in [-0.15, -0.1) is 0 Å². The Morgan fingerprint density at radius 3 is 2.90 bits per heavy atom. The van der Waals surface area contributed by atoms with Crippen LogP contribution in [-0.2, 0) is 0 Å². The maximum atomic E-state index is 5.60. The van der Waals surface area contributed by atoms with Crippen molar-refractivity contribution in [1.29, 1.82) is 0 Å². The third-order valence-electron chi connectivity index (χ3n) is 1.54. The van der Waals surface area contributed by atoms with E-state index in [0.29, 0.717) is 11.5 Å². The molecule has 0 amide bonds. The van der Waals surface area contributed by atoms with Gasteiger partial charge in [-0.3, -0.25) is 5.10 Å². The molecule has 0 saturated heterocycles. The van der Waals surface area contributed by atoms with Gasteiger partial charge in [0.1, 0.15) is 5.82 Å². The molecule has 4 heteroatoms. The fourth-order valence-corrected chi connectivity index (χ4v) is 1.07. The molecule has 10 heavy (non-hydrogen) atoms. The molecular formula is C6H8N4. The smallest absolute Gasteiger partial charge is 0.125 e. The monoisotopic (exact) mass is 136 g/mol. The van der Waals surface area contributed by atoms with E-state index < -0.39 is 0 Å². The van der Waals surface area contributed by atoms with Gasteiger partial charge in [-0.2, -0.15) is 0 Å². The van der Waals surface area contributed by atoms with Crippen LogP contribution in [0.2, 0.25) is 0 Å². The third-order valence-corrected chi connectivity index (χ3v) is 1.54. The van der Waals surface area contributed by atoms with E-state index in [1.807, 2.05) is 6.07 Å². The molecule has 0 saturated carbocycles. The first-order valence-corrected chi connectivity index (χ1v) is 2.99. The van der Waals surface area contributed by atoms with E-state index >= 15 is 0 Å². The Hall–Kier alpha value is -1.58. The molecule has 2 heterocycles. The molecule has 2 aromatic heterocycles. The van der Waals surface area contributed by atoms with Gasteiger partial charge in [0.25, 0.3) is 0 Å². The number of fused-ring (bicyclic) bond motifs is 1. The molecule has 0 aromatic carbocycles. The van der Waals surface area contributed by atoms with Crippen LogP contribution in [0.3, 0.4) is 0 Å².